The van der Waals surface area contributed by atoms with Gasteiger partial charge in [0.1, 0.15) is 5.54 Å². The lowest BCUT2D eigenvalue weighted by atomic mass is 9.54. The third-order valence-electron chi connectivity index (χ3n) is 5.08. The third-order valence-corrected chi connectivity index (χ3v) is 5.08. The molecule has 0 spiro atoms. The lowest BCUT2D eigenvalue weighted by Crippen LogP contribution is -2.75. The number of nitro benzene ring substituents is 1. The first-order valence-corrected chi connectivity index (χ1v) is 8.14. The highest BCUT2D eigenvalue weighted by Crippen LogP contribution is 2.49. The van der Waals surface area contributed by atoms with E-state index in [-0.39, 0.29) is 17.7 Å². The maximum atomic E-state index is 12.5. The molecule has 0 saturated heterocycles. The molecule has 132 valence electrons. The second-order valence-electron chi connectivity index (χ2n) is 6.77. The fourth-order valence-electron chi connectivity index (χ4n) is 3.08. The summed E-state index contributed by atoms with van der Waals surface area (Å²) in [6.07, 6.45) is 1.10. The zero-order chi connectivity index (χ0) is 18.0. The Morgan fingerprint density at radius 3 is 2.54 bits per heavy atom. The van der Waals surface area contributed by atoms with Crippen molar-refractivity contribution < 1.29 is 14.5 Å². The number of ether oxygens (including phenoxy) is 1. The molecule has 0 heterocycles. The highest BCUT2D eigenvalue weighted by atomic mass is 16.6. The minimum absolute atomic E-state index is 0.00655. The van der Waals surface area contributed by atoms with Crippen molar-refractivity contribution in [2.24, 2.45) is 11.1 Å². The summed E-state index contributed by atoms with van der Waals surface area (Å²) in [6.45, 7) is 6.87. The van der Waals surface area contributed by atoms with Crippen LogP contribution in [-0.4, -0.2) is 35.6 Å². The predicted octanol–water partition coefficient (Wildman–Crippen LogP) is 1.79. The fourth-order valence-corrected chi connectivity index (χ4v) is 3.08. The Morgan fingerprint density at radius 2 is 2.04 bits per heavy atom. The Bertz CT molecular complexity index is 615. The molecule has 0 bridgehead atoms. The van der Waals surface area contributed by atoms with Crippen LogP contribution in [0.1, 0.15) is 32.8 Å². The number of nitrogens with zero attached hydrogens (tertiary/aromatic N) is 1. The molecule has 0 aromatic heterocycles. The lowest BCUT2D eigenvalue weighted by Gasteiger charge is -2.57. The molecule has 3 N–H and O–H groups in total. The summed E-state index contributed by atoms with van der Waals surface area (Å²) in [5.41, 5.74) is 5.95. The van der Waals surface area contributed by atoms with Gasteiger partial charge in [-0.1, -0.05) is 26.0 Å². The van der Waals surface area contributed by atoms with Crippen LogP contribution in [-0.2, 0) is 16.0 Å². The molecule has 7 nitrogen and oxygen atoms in total. The summed E-state index contributed by atoms with van der Waals surface area (Å²) in [6, 6.07) is 6.31. The van der Waals surface area contributed by atoms with Gasteiger partial charge < -0.3 is 15.8 Å². The number of carbonyl (C=O) groups excluding carboxylic acids is 1. The van der Waals surface area contributed by atoms with E-state index in [2.05, 4.69) is 5.32 Å². The number of nitrogens with two attached hydrogens (primary N) is 1. The van der Waals surface area contributed by atoms with Crippen molar-refractivity contribution in [3.05, 3.63) is 39.9 Å². The van der Waals surface area contributed by atoms with Crippen molar-refractivity contribution in [1.29, 1.82) is 0 Å². The van der Waals surface area contributed by atoms with Crippen LogP contribution in [0.3, 0.4) is 0 Å². The number of hydrogen-bond acceptors (Lipinski definition) is 5. The largest absolute Gasteiger partial charge is 0.378 e. The number of amides is 1. The normalized spacial score (nSPS) is 24.9. The molecule has 1 aromatic rings. The Labute approximate surface area is 141 Å². The van der Waals surface area contributed by atoms with Gasteiger partial charge in [-0.2, -0.15) is 0 Å². The molecule has 1 aromatic carbocycles. The van der Waals surface area contributed by atoms with E-state index in [9.17, 15) is 14.9 Å². The summed E-state index contributed by atoms with van der Waals surface area (Å²) < 4.78 is 5.63. The highest BCUT2D eigenvalue weighted by Gasteiger charge is 2.62. The van der Waals surface area contributed by atoms with Gasteiger partial charge >= 0.3 is 0 Å². The van der Waals surface area contributed by atoms with Crippen molar-refractivity contribution >= 4 is 11.6 Å². The molecule has 2 rings (SSSR count). The molecule has 0 radical (unpaired) electrons. The van der Waals surface area contributed by atoms with Gasteiger partial charge in [0.2, 0.25) is 5.91 Å². The Hall–Kier alpha value is -1.99. The zero-order valence-electron chi connectivity index (χ0n) is 14.4. The van der Waals surface area contributed by atoms with Gasteiger partial charge in [0.05, 0.1) is 11.0 Å². The van der Waals surface area contributed by atoms with Gasteiger partial charge in [0, 0.05) is 37.1 Å². The van der Waals surface area contributed by atoms with Crippen LogP contribution < -0.4 is 11.1 Å². The molecule has 1 fully saturated rings. The van der Waals surface area contributed by atoms with Crippen molar-refractivity contribution in [2.75, 3.05) is 13.2 Å². The summed E-state index contributed by atoms with van der Waals surface area (Å²) in [5, 5.41) is 13.5. The Balaban J connectivity index is 1.86. The highest BCUT2D eigenvalue weighted by molar-refractivity contribution is 5.88. The molecule has 24 heavy (non-hydrogen) atoms. The third kappa shape index (κ3) is 3.27. The first-order chi connectivity index (χ1) is 11.2. The van der Waals surface area contributed by atoms with E-state index >= 15 is 0 Å². The molecule has 0 aliphatic heterocycles. The maximum Gasteiger partial charge on any atom is 0.269 e. The smallest absolute Gasteiger partial charge is 0.269 e. The number of carbonyl (C=O) groups is 1. The van der Waals surface area contributed by atoms with Crippen LogP contribution in [0.5, 0.6) is 0 Å². The molecular formula is C17H25N3O4. The Morgan fingerprint density at radius 1 is 1.42 bits per heavy atom. The SMILES string of the molecule is CCOC1CC(N)(C(=O)NCCc2ccc([N+](=O)[O-])cc2)C1(C)C. The van der Waals surface area contributed by atoms with Crippen molar-refractivity contribution in [1.82, 2.24) is 5.32 Å². The van der Waals surface area contributed by atoms with Crippen molar-refractivity contribution in [3.8, 4) is 0 Å². The second kappa shape index (κ2) is 6.86. The molecule has 1 saturated carbocycles. The van der Waals surface area contributed by atoms with Crippen molar-refractivity contribution in [3.63, 3.8) is 0 Å². The summed E-state index contributed by atoms with van der Waals surface area (Å²) in [7, 11) is 0. The summed E-state index contributed by atoms with van der Waals surface area (Å²) in [5.74, 6) is -0.176. The summed E-state index contributed by atoms with van der Waals surface area (Å²) >= 11 is 0. The van der Waals surface area contributed by atoms with Crippen LogP contribution >= 0.6 is 0 Å². The summed E-state index contributed by atoms with van der Waals surface area (Å²) in [4.78, 5) is 22.7. The van der Waals surface area contributed by atoms with Crippen LogP contribution in [0, 0.1) is 15.5 Å². The molecule has 2 unspecified atom stereocenters. The number of benzene rings is 1. The van der Waals surface area contributed by atoms with Crippen molar-refractivity contribution in [2.45, 2.75) is 45.3 Å². The number of nitro groups is 1. The van der Waals surface area contributed by atoms with E-state index in [4.69, 9.17) is 10.5 Å². The first-order valence-electron chi connectivity index (χ1n) is 8.14. The molecular weight excluding hydrogens is 310 g/mol. The van der Waals surface area contributed by atoms with Gasteiger partial charge in [0.25, 0.3) is 5.69 Å². The Kier molecular flexibility index (Phi) is 5.25. The zero-order valence-corrected chi connectivity index (χ0v) is 14.4. The van der Waals surface area contributed by atoms with Crippen LogP contribution in [0.2, 0.25) is 0 Å². The molecule has 1 aliphatic rings. The van der Waals surface area contributed by atoms with E-state index in [0.717, 1.165) is 5.56 Å². The van der Waals surface area contributed by atoms with E-state index < -0.39 is 15.9 Å². The minimum atomic E-state index is -0.928. The molecule has 7 heteroatoms. The molecule has 1 aliphatic carbocycles. The van der Waals surface area contributed by atoms with Gasteiger partial charge in [-0.3, -0.25) is 14.9 Å². The minimum Gasteiger partial charge on any atom is -0.378 e. The van der Waals surface area contributed by atoms with Gasteiger partial charge in [0.15, 0.2) is 0 Å². The maximum absolute atomic E-state index is 12.5. The molecule has 1 amide bonds. The second-order valence-corrected chi connectivity index (χ2v) is 6.77. The van der Waals surface area contributed by atoms with E-state index in [1.807, 2.05) is 20.8 Å². The number of nitrogens with one attached hydrogen (secondary N) is 1. The standard InChI is InChI=1S/C17H25N3O4/c1-4-24-14-11-17(18,16(14,2)3)15(21)19-10-9-12-5-7-13(8-6-12)20(22)23/h5-8,14H,4,9-11,18H2,1-3H3,(H,19,21). The van der Waals surface area contributed by atoms with Crippen LogP contribution in [0.4, 0.5) is 5.69 Å². The number of hydrogen-bond donors (Lipinski definition) is 2. The predicted molar refractivity (Wildman–Crippen MR) is 90.5 cm³/mol. The quantitative estimate of drug-likeness (QED) is 0.583. The van der Waals surface area contributed by atoms with Gasteiger partial charge in [-0.25, -0.2) is 0 Å². The fraction of sp³-hybridized carbons (Fsp3) is 0.588. The van der Waals surface area contributed by atoms with Gasteiger partial charge in [-0.15, -0.1) is 0 Å². The lowest BCUT2D eigenvalue weighted by molar-refractivity contribution is -0.384. The monoisotopic (exact) mass is 335 g/mol. The number of non-ortho nitro benzene ring substituents is 1. The van der Waals surface area contributed by atoms with E-state index in [1.165, 1.54) is 12.1 Å². The van der Waals surface area contributed by atoms with Crippen LogP contribution in [0.25, 0.3) is 0 Å². The van der Waals surface area contributed by atoms with E-state index in [0.29, 0.717) is 26.0 Å². The van der Waals surface area contributed by atoms with Gasteiger partial charge in [-0.05, 0) is 18.9 Å². The average molecular weight is 335 g/mol. The van der Waals surface area contributed by atoms with E-state index in [1.54, 1.807) is 12.1 Å². The number of rotatable bonds is 7. The first kappa shape index (κ1) is 18.4. The molecule has 2 atom stereocenters. The average Bonchev–Trinajstić information content (AvgIpc) is 2.54. The topological polar surface area (TPSA) is 107 Å². The van der Waals surface area contributed by atoms with Crippen LogP contribution in [0.15, 0.2) is 24.3 Å².